The topological polar surface area (TPSA) is 26.3 Å². The van der Waals surface area contributed by atoms with Crippen molar-refractivity contribution in [3.63, 3.8) is 0 Å². The summed E-state index contributed by atoms with van der Waals surface area (Å²) in [5.41, 5.74) is 2.39. The molecule has 0 saturated heterocycles. The summed E-state index contributed by atoms with van der Waals surface area (Å²) in [7, 11) is 0. The Balaban J connectivity index is 1.54. The minimum Gasteiger partial charge on any atom is -0.462 e. The molecule has 0 N–H and O–H groups in total. The monoisotopic (exact) mass is 442 g/mol. The van der Waals surface area contributed by atoms with Gasteiger partial charge in [-0.1, -0.05) is 66.0 Å². The SMILES string of the molecule is CC(=O)OC1CCCC2CC=C3[C@H](CC[C@]4(C)[C@@H]([C@H](C)CC[C@H](C)C(C)C)CC[C@@H]34)[C@]21C. The lowest BCUT2D eigenvalue weighted by atomic mass is 9.47. The Kier molecular flexibility index (Phi) is 6.92. The summed E-state index contributed by atoms with van der Waals surface area (Å²) in [6.45, 7) is 16.5. The first-order valence-corrected chi connectivity index (χ1v) is 14.0. The van der Waals surface area contributed by atoms with Gasteiger partial charge in [0, 0.05) is 12.3 Å². The van der Waals surface area contributed by atoms with E-state index in [0.29, 0.717) is 17.3 Å². The lowest BCUT2D eigenvalue weighted by molar-refractivity contribution is -0.168. The molecule has 2 heteroatoms. The van der Waals surface area contributed by atoms with Gasteiger partial charge in [-0.3, -0.25) is 4.79 Å². The minimum atomic E-state index is -0.0843. The molecule has 0 aliphatic heterocycles. The van der Waals surface area contributed by atoms with Gasteiger partial charge >= 0.3 is 5.97 Å². The number of ether oxygens (including phenoxy) is 1. The zero-order valence-electron chi connectivity index (χ0n) is 22.1. The van der Waals surface area contributed by atoms with Crippen LogP contribution >= 0.6 is 0 Å². The van der Waals surface area contributed by atoms with Crippen molar-refractivity contribution < 1.29 is 9.53 Å². The number of fused-ring (bicyclic) bond motifs is 5. The van der Waals surface area contributed by atoms with Crippen molar-refractivity contribution >= 4 is 5.97 Å². The van der Waals surface area contributed by atoms with Gasteiger partial charge in [0.05, 0.1) is 0 Å². The van der Waals surface area contributed by atoms with Crippen LogP contribution in [0.3, 0.4) is 0 Å². The molecule has 0 aromatic rings. The first-order valence-electron chi connectivity index (χ1n) is 14.0. The van der Waals surface area contributed by atoms with E-state index in [2.05, 4.69) is 47.6 Å². The van der Waals surface area contributed by atoms with Gasteiger partial charge in [0.1, 0.15) is 6.10 Å². The van der Waals surface area contributed by atoms with E-state index < -0.39 is 0 Å². The van der Waals surface area contributed by atoms with Crippen LogP contribution in [-0.2, 0) is 9.53 Å². The lowest BCUT2D eigenvalue weighted by Gasteiger charge is -2.59. The Morgan fingerprint density at radius 2 is 1.78 bits per heavy atom. The van der Waals surface area contributed by atoms with E-state index in [1.165, 1.54) is 57.8 Å². The molecule has 4 rings (SSSR count). The normalized spacial score (nSPS) is 43.0. The molecule has 0 aromatic heterocycles. The van der Waals surface area contributed by atoms with Gasteiger partial charge in [0.15, 0.2) is 0 Å². The molecule has 0 aromatic carbocycles. The van der Waals surface area contributed by atoms with Crippen LogP contribution < -0.4 is 0 Å². The molecule has 0 heterocycles. The summed E-state index contributed by atoms with van der Waals surface area (Å²) in [5.74, 6) is 5.32. The van der Waals surface area contributed by atoms with Gasteiger partial charge < -0.3 is 4.74 Å². The Morgan fingerprint density at radius 3 is 2.47 bits per heavy atom. The van der Waals surface area contributed by atoms with Crippen LogP contribution in [0.4, 0.5) is 0 Å². The third kappa shape index (κ3) is 4.00. The van der Waals surface area contributed by atoms with Crippen LogP contribution in [0, 0.1) is 52.3 Å². The van der Waals surface area contributed by atoms with Gasteiger partial charge in [0.25, 0.3) is 0 Å². The van der Waals surface area contributed by atoms with E-state index in [0.717, 1.165) is 36.0 Å². The van der Waals surface area contributed by atoms with E-state index in [1.807, 2.05) is 0 Å². The number of allylic oxidation sites excluding steroid dienone is 2. The summed E-state index contributed by atoms with van der Waals surface area (Å²) in [5, 5.41) is 0. The Bertz CT molecular complexity index is 722. The van der Waals surface area contributed by atoms with Crippen molar-refractivity contribution in [2.45, 2.75) is 119 Å². The molecule has 0 amide bonds. The summed E-state index contributed by atoms with van der Waals surface area (Å²) in [6, 6.07) is 0. The maximum atomic E-state index is 12.0. The van der Waals surface area contributed by atoms with Gasteiger partial charge in [0.2, 0.25) is 0 Å². The minimum absolute atomic E-state index is 0.0843. The smallest absolute Gasteiger partial charge is 0.302 e. The Labute approximate surface area is 198 Å². The maximum Gasteiger partial charge on any atom is 0.302 e. The van der Waals surface area contributed by atoms with Crippen molar-refractivity contribution in [2.75, 3.05) is 0 Å². The van der Waals surface area contributed by atoms with E-state index in [4.69, 9.17) is 4.74 Å². The Hall–Kier alpha value is -0.790. The molecule has 4 aliphatic carbocycles. The molecule has 32 heavy (non-hydrogen) atoms. The van der Waals surface area contributed by atoms with E-state index in [1.54, 1.807) is 12.5 Å². The number of hydrogen-bond acceptors (Lipinski definition) is 2. The van der Waals surface area contributed by atoms with E-state index >= 15 is 0 Å². The highest BCUT2D eigenvalue weighted by molar-refractivity contribution is 5.66. The second-order valence-corrected chi connectivity index (χ2v) is 13.1. The van der Waals surface area contributed by atoms with Gasteiger partial charge in [-0.15, -0.1) is 0 Å². The van der Waals surface area contributed by atoms with Crippen molar-refractivity contribution in [3.8, 4) is 0 Å². The predicted octanol–water partition coefficient (Wildman–Crippen LogP) is 8.21. The van der Waals surface area contributed by atoms with E-state index in [9.17, 15) is 4.79 Å². The van der Waals surface area contributed by atoms with Crippen LogP contribution in [0.5, 0.6) is 0 Å². The standard InChI is InChI=1S/C30H50O2/c1-19(2)20(3)11-12-21(4)25-15-16-26-24-14-13-23-9-8-10-28(32-22(5)31)30(23,7)27(24)17-18-29(25,26)6/h14,19-21,23,25-28H,8-13,15-18H2,1-7H3/t20-,21+,23?,25+,26-,27-,28?,29+,30-/m0/s1. The maximum absolute atomic E-state index is 12.0. The summed E-state index contributed by atoms with van der Waals surface area (Å²) in [6.07, 6.45) is 15.8. The van der Waals surface area contributed by atoms with Crippen LogP contribution in [0.15, 0.2) is 11.6 Å². The first-order chi connectivity index (χ1) is 15.1. The summed E-state index contributed by atoms with van der Waals surface area (Å²) >= 11 is 0. The average molecular weight is 443 g/mol. The van der Waals surface area contributed by atoms with Crippen molar-refractivity contribution in [1.29, 1.82) is 0 Å². The highest BCUT2D eigenvalue weighted by atomic mass is 16.5. The summed E-state index contributed by atoms with van der Waals surface area (Å²) < 4.78 is 6.02. The number of carbonyl (C=O) groups is 1. The van der Waals surface area contributed by atoms with Crippen LogP contribution in [0.25, 0.3) is 0 Å². The number of carbonyl (C=O) groups excluding carboxylic acids is 1. The summed E-state index contributed by atoms with van der Waals surface area (Å²) in [4.78, 5) is 12.0. The quantitative estimate of drug-likeness (QED) is 0.306. The fraction of sp³-hybridized carbons (Fsp3) is 0.900. The fourth-order valence-electron chi connectivity index (χ4n) is 8.97. The molecule has 2 unspecified atom stereocenters. The molecule has 0 radical (unpaired) electrons. The second kappa shape index (κ2) is 9.10. The van der Waals surface area contributed by atoms with Gasteiger partial charge in [-0.25, -0.2) is 0 Å². The number of rotatable bonds is 6. The van der Waals surface area contributed by atoms with E-state index in [-0.39, 0.29) is 17.5 Å². The van der Waals surface area contributed by atoms with Crippen LogP contribution in [-0.4, -0.2) is 12.1 Å². The van der Waals surface area contributed by atoms with Crippen molar-refractivity contribution in [3.05, 3.63) is 11.6 Å². The van der Waals surface area contributed by atoms with Gasteiger partial charge in [-0.2, -0.15) is 0 Å². The first kappa shape index (κ1) is 24.3. The van der Waals surface area contributed by atoms with Crippen molar-refractivity contribution in [1.82, 2.24) is 0 Å². The van der Waals surface area contributed by atoms with Crippen LogP contribution in [0.1, 0.15) is 113 Å². The molecular weight excluding hydrogens is 392 g/mol. The fourth-order valence-corrected chi connectivity index (χ4v) is 8.97. The molecule has 182 valence electrons. The molecule has 2 nitrogen and oxygen atoms in total. The molecule has 3 saturated carbocycles. The third-order valence-corrected chi connectivity index (χ3v) is 11.4. The molecular formula is C30H50O2. The lowest BCUT2D eigenvalue weighted by Crippen LogP contribution is -2.55. The van der Waals surface area contributed by atoms with Gasteiger partial charge in [-0.05, 0) is 98.2 Å². The molecule has 9 atom stereocenters. The molecule has 4 aliphatic rings. The third-order valence-electron chi connectivity index (χ3n) is 11.4. The Morgan fingerprint density at radius 1 is 1.03 bits per heavy atom. The molecule has 3 fully saturated rings. The average Bonchev–Trinajstić information content (AvgIpc) is 3.09. The molecule has 0 spiro atoms. The zero-order chi connectivity index (χ0) is 23.3. The largest absolute Gasteiger partial charge is 0.462 e. The predicted molar refractivity (Wildman–Crippen MR) is 133 cm³/mol. The zero-order valence-corrected chi connectivity index (χ0v) is 22.1. The second-order valence-electron chi connectivity index (χ2n) is 13.1. The number of esters is 1. The highest BCUT2D eigenvalue weighted by Gasteiger charge is 2.60. The highest BCUT2D eigenvalue weighted by Crippen LogP contribution is 2.67. The molecule has 0 bridgehead atoms. The number of hydrogen-bond donors (Lipinski definition) is 0. The van der Waals surface area contributed by atoms with Crippen molar-refractivity contribution in [2.24, 2.45) is 52.3 Å². The van der Waals surface area contributed by atoms with Crippen LogP contribution in [0.2, 0.25) is 0 Å².